The summed E-state index contributed by atoms with van der Waals surface area (Å²) in [7, 11) is -3.52. The molecule has 0 fully saturated rings. The van der Waals surface area contributed by atoms with E-state index in [-0.39, 0.29) is 15.7 Å². The van der Waals surface area contributed by atoms with E-state index in [1.165, 1.54) is 11.4 Å². The Balaban J connectivity index is 3.12. The van der Waals surface area contributed by atoms with Crippen LogP contribution in [0.2, 0.25) is 0 Å². The molecule has 112 valence electrons. The highest BCUT2D eigenvalue weighted by Crippen LogP contribution is 2.21. The number of primary amides is 1. The number of carbonyl (C=O) groups is 2. The largest absolute Gasteiger partial charge is 0.365 e. The van der Waals surface area contributed by atoms with Gasteiger partial charge in [0.15, 0.2) is 0 Å². The van der Waals surface area contributed by atoms with Crippen LogP contribution in [0.3, 0.4) is 0 Å². The Kier molecular flexibility index (Phi) is 5.40. The van der Waals surface area contributed by atoms with Gasteiger partial charge in [-0.05, 0) is 23.8 Å². The summed E-state index contributed by atoms with van der Waals surface area (Å²) in [6.07, 6.45) is 0.407. The van der Waals surface area contributed by atoms with Gasteiger partial charge in [0.1, 0.15) is 14.8 Å². The van der Waals surface area contributed by atoms with E-state index in [0.717, 1.165) is 11.3 Å². The van der Waals surface area contributed by atoms with E-state index in [1.807, 2.05) is 13.8 Å². The van der Waals surface area contributed by atoms with Crippen LogP contribution in [0.4, 0.5) is 0 Å². The zero-order valence-corrected chi connectivity index (χ0v) is 12.9. The maximum Gasteiger partial charge on any atom is 0.271 e. The van der Waals surface area contributed by atoms with Crippen molar-refractivity contribution < 1.29 is 13.8 Å². The summed E-state index contributed by atoms with van der Waals surface area (Å²) >= 11 is 0.994. The van der Waals surface area contributed by atoms with Gasteiger partial charge in [0.25, 0.3) is 11.8 Å². The van der Waals surface area contributed by atoms with Gasteiger partial charge >= 0.3 is 0 Å². The first-order valence-electron chi connectivity index (χ1n) is 5.86. The lowest BCUT2D eigenvalue weighted by atomic mass is 10.0. The maximum atomic E-state index is 12.3. The molecular weight excluding hydrogens is 300 g/mol. The lowest BCUT2D eigenvalue weighted by molar-refractivity contribution is -0.119. The van der Waals surface area contributed by atoms with Gasteiger partial charge in [0.2, 0.25) is 0 Å². The predicted octanol–water partition coefficient (Wildman–Crippen LogP) is 0.448. The molecule has 0 aliphatic heterocycles. The fourth-order valence-electron chi connectivity index (χ4n) is 1.57. The van der Waals surface area contributed by atoms with Crippen molar-refractivity contribution in [1.82, 2.24) is 0 Å². The molecule has 9 heteroatoms. The standard InChI is InChI=1S/C11H18N4O3S2/c1-6(2)5-7(12)11(17)15-20(14,18)8-3-4-19-9(8)10(13)16/h3-4,6-7H,5,12H2,1-2H3,(H2,13,16)(H2,14,15,17,18)/t7-,20?/m0/s1. The summed E-state index contributed by atoms with van der Waals surface area (Å²) in [4.78, 5) is 23.0. The molecule has 0 saturated carbocycles. The van der Waals surface area contributed by atoms with Crippen molar-refractivity contribution in [2.75, 3.05) is 0 Å². The highest BCUT2D eigenvalue weighted by Gasteiger charge is 2.22. The van der Waals surface area contributed by atoms with Crippen LogP contribution < -0.4 is 16.6 Å². The first kappa shape index (κ1) is 16.8. The van der Waals surface area contributed by atoms with Gasteiger partial charge in [-0.2, -0.15) is 0 Å². The summed E-state index contributed by atoms with van der Waals surface area (Å²) in [6, 6.07) is 0.507. The Morgan fingerprint density at radius 2 is 2.05 bits per heavy atom. The summed E-state index contributed by atoms with van der Waals surface area (Å²) in [5.74, 6) is -1.31. The zero-order chi connectivity index (χ0) is 15.5. The number of amides is 2. The number of carbonyl (C=O) groups excluding carboxylic acids is 2. The molecule has 7 nitrogen and oxygen atoms in total. The molecule has 0 aromatic carbocycles. The maximum absolute atomic E-state index is 12.3. The topological polar surface area (TPSA) is 142 Å². The molecule has 0 saturated heterocycles. The van der Waals surface area contributed by atoms with Crippen molar-refractivity contribution in [3.8, 4) is 0 Å². The van der Waals surface area contributed by atoms with Crippen molar-refractivity contribution in [1.29, 1.82) is 0 Å². The monoisotopic (exact) mass is 318 g/mol. The molecule has 0 spiro atoms. The number of nitrogens with zero attached hydrogens (tertiary/aromatic N) is 1. The second kappa shape index (κ2) is 6.44. The highest BCUT2D eigenvalue weighted by molar-refractivity contribution is 7.92. The molecule has 1 rings (SSSR count). The Labute approximate surface area is 121 Å². The molecule has 20 heavy (non-hydrogen) atoms. The molecular formula is C11H18N4O3S2. The van der Waals surface area contributed by atoms with Gasteiger partial charge in [-0.1, -0.05) is 13.8 Å². The van der Waals surface area contributed by atoms with Crippen molar-refractivity contribution in [2.24, 2.45) is 26.9 Å². The van der Waals surface area contributed by atoms with E-state index in [1.54, 1.807) is 0 Å². The highest BCUT2D eigenvalue weighted by atomic mass is 32.2. The van der Waals surface area contributed by atoms with Gasteiger partial charge in [-0.25, -0.2) is 9.35 Å². The average molecular weight is 318 g/mol. The zero-order valence-electron chi connectivity index (χ0n) is 11.2. The number of hydrogen-bond donors (Lipinski definition) is 3. The predicted molar refractivity (Wildman–Crippen MR) is 78.3 cm³/mol. The molecule has 0 radical (unpaired) electrons. The SMILES string of the molecule is CC(C)C[C@H](N)C(=O)N=S(N)(=O)c1ccsc1C(N)=O. The van der Waals surface area contributed by atoms with Crippen LogP contribution in [0.1, 0.15) is 29.9 Å². The van der Waals surface area contributed by atoms with E-state index < -0.39 is 27.8 Å². The van der Waals surface area contributed by atoms with Crippen LogP contribution in [0.5, 0.6) is 0 Å². The van der Waals surface area contributed by atoms with Crippen LogP contribution in [0.25, 0.3) is 0 Å². The summed E-state index contributed by atoms with van der Waals surface area (Å²) < 4.78 is 15.8. The van der Waals surface area contributed by atoms with Gasteiger partial charge in [0.05, 0.1) is 10.9 Å². The summed E-state index contributed by atoms with van der Waals surface area (Å²) in [6.45, 7) is 3.80. The van der Waals surface area contributed by atoms with E-state index in [0.29, 0.717) is 6.42 Å². The van der Waals surface area contributed by atoms with Crippen molar-refractivity contribution in [3.63, 3.8) is 0 Å². The minimum absolute atomic E-state index is 0.0277. The van der Waals surface area contributed by atoms with Gasteiger partial charge in [-0.15, -0.1) is 15.7 Å². The molecule has 0 aliphatic rings. The quantitative estimate of drug-likeness (QED) is 0.724. The normalized spacial score (nSPS) is 15.7. The molecule has 0 bridgehead atoms. The lowest BCUT2D eigenvalue weighted by Crippen LogP contribution is -2.32. The third kappa shape index (κ3) is 4.10. The third-order valence-electron chi connectivity index (χ3n) is 2.44. The Morgan fingerprint density at radius 3 is 2.55 bits per heavy atom. The van der Waals surface area contributed by atoms with Crippen LogP contribution >= 0.6 is 11.3 Å². The first-order chi connectivity index (χ1) is 9.15. The van der Waals surface area contributed by atoms with Crippen molar-refractivity contribution in [2.45, 2.75) is 31.2 Å². The summed E-state index contributed by atoms with van der Waals surface area (Å²) in [5, 5.41) is 7.08. The average Bonchev–Trinajstić information content (AvgIpc) is 2.76. The summed E-state index contributed by atoms with van der Waals surface area (Å²) in [5.41, 5.74) is 10.8. The minimum Gasteiger partial charge on any atom is -0.365 e. The second-order valence-electron chi connectivity index (χ2n) is 4.71. The van der Waals surface area contributed by atoms with Gasteiger partial charge < -0.3 is 11.5 Å². The third-order valence-corrected chi connectivity index (χ3v) is 4.92. The Hall–Kier alpha value is -1.29. The number of nitrogens with two attached hydrogens (primary N) is 3. The molecule has 1 unspecified atom stereocenters. The van der Waals surface area contributed by atoms with Gasteiger partial charge in [-0.3, -0.25) is 9.59 Å². The van der Waals surface area contributed by atoms with E-state index >= 15 is 0 Å². The van der Waals surface area contributed by atoms with E-state index in [4.69, 9.17) is 16.6 Å². The number of rotatable bonds is 5. The van der Waals surface area contributed by atoms with Crippen molar-refractivity contribution >= 4 is 33.1 Å². The molecule has 1 aromatic heterocycles. The fraction of sp³-hybridized carbons (Fsp3) is 0.455. The van der Waals surface area contributed by atoms with Crippen LogP contribution in [0.15, 0.2) is 20.7 Å². The minimum atomic E-state index is -3.52. The number of hydrogen-bond acceptors (Lipinski definition) is 5. The smallest absolute Gasteiger partial charge is 0.271 e. The van der Waals surface area contributed by atoms with Crippen LogP contribution in [0, 0.1) is 5.92 Å². The lowest BCUT2D eigenvalue weighted by Gasteiger charge is -2.11. The first-order valence-corrected chi connectivity index (χ1v) is 8.32. The van der Waals surface area contributed by atoms with Gasteiger partial charge in [0, 0.05) is 0 Å². The molecule has 6 N–H and O–H groups in total. The Morgan fingerprint density at radius 1 is 1.45 bits per heavy atom. The number of thiophene rings is 1. The molecule has 1 heterocycles. The van der Waals surface area contributed by atoms with Crippen LogP contribution in [-0.4, -0.2) is 22.1 Å². The molecule has 0 aliphatic carbocycles. The van der Waals surface area contributed by atoms with Crippen LogP contribution in [-0.2, 0) is 14.7 Å². The molecule has 2 amide bonds. The van der Waals surface area contributed by atoms with E-state index in [2.05, 4.69) is 4.36 Å². The molecule has 1 aromatic rings. The second-order valence-corrected chi connectivity index (χ2v) is 7.39. The van der Waals surface area contributed by atoms with Crippen molar-refractivity contribution in [3.05, 3.63) is 16.3 Å². The fourth-order valence-corrected chi connectivity index (χ4v) is 3.93. The molecule has 2 atom stereocenters. The van der Waals surface area contributed by atoms with E-state index in [9.17, 15) is 13.8 Å². The Bertz CT molecular complexity index is 629.